The lowest BCUT2D eigenvalue weighted by Gasteiger charge is -2.18. The highest BCUT2D eigenvalue weighted by Crippen LogP contribution is 2.24. The SMILES string of the molecule is CN(C)C(=O)CN(C)S(=O)(=O)c1ccc(C(=O)O)s1. The van der Waals surface area contributed by atoms with Gasteiger partial charge in [-0.2, -0.15) is 4.31 Å². The second-order valence-corrected chi connectivity index (χ2v) is 7.33. The number of sulfonamides is 1. The lowest BCUT2D eigenvalue weighted by Crippen LogP contribution is -2.37. The first kappa shape index (κ1) is 15.6. The van der Waals surface area contributed by atoms with Crippen molar-refractivity contribution in [3.05, 3.63) is 17.0 Å². The first-order valence-corrected chi connectivity index (χ1v) is 7.41. The minimum Gasteiger partial charge on any atom is -0.477 e. The van der Waals surface area contributed by atoms with E-state index in [4.69, 9.17) is 5.11 Å². The summed E-state index contributed by atoms with van der Waals surface area (Å²) >= 11 is 0.658. The van der Waals surface area contributed by atoms with Crippen LogP contribution in [0.25, 0.3) is 0 Å². The molecule has 0 aromatic carbocycles. The number of nitrogens with zero attached hydrogens (tertiary/aromatic N) is 2. The average molecular weight is 306 g/mol. The zero-order valence-corrected chi connectivity index (χ0v) is 12.3. The molecule has 7 nitrogen and oxygen atoms in total. The van der Waals surface area contributed by atoms with Crippen molar-refractivity contribution in [2.75, 3.05) is 27.7 Å². The summed E-state index contributed by atoms with van der Waals surface area (Å²) in [5.41, 5.74) is 0. The Kier molecular flexibility index (Phi) is 4.66. The minimum absolute atomic E-state index is 0.0640. The summed E-state index contributed by atoms with van der Waals surface area (Å²) in [5.74, 6) is -1.54. The topological polar surface area (TPSA) is 95.0 Å². The molecule has 1 rings (SSSR count). The van der Waals surface area contributed by atoms with Gasteiger partial charge in [0.05, 0.1) is 6.54 Å². The Hall–Kier alpha value is -1.45. The summed E-state index contributed by atoms with van der Waals surface area (Å²) in [6.07, 6.45) is 0. The molecule has 9 heteroatoms. The number of carboxylic acids is 1. The molecule has 19 heavy (non-hydrogen) atoms. The fraction of sp³-hybridized carbons (Fsp3) is 0.400. The van der Waals surface area contributed by atoms with Gasteiger partial charge in [-0.15, -0.1) is 11.3 Å². The van der Waals surface area contributed by atoms with Gasteiger partial charge in [-0.05, 0) is 12.1 Å². The van der Waals surface area contributed by atoms with Crippen LogP contribution in [0.2, 0.25) is 0 Å². The molecule has 0 aliphatic heterocycles. The van der Waals surface area contributed by atoms with Gasteiger partial charge in [0.1, 0.15) is 9.09 Å². The van der Waals surface area contributed by atoms with Crippen LogP contribution in [0.5, 0.6) is 0 Å². The number of carbonyl (C=O) groups excluding carboxylic acids is 1. The van der Waals surface area contributed by atoms with E-state index in [-0.39, 0.29) is 21.5 Å². The smallest absolute Gasteiger partial charge is 0.345 e. The van der Waals surface area contributed by atoms with Gasteiger partial charge in [-0.1, -0.05) is 0 Å². The van der Waals surface area contributed by atoms with E-state index in [2.05, 4.69) is 0 Å². The van der Waals surface area contributed by atoms with E-state index < -0.39 is 16.0 Å². The van der Waals surface area contributed by atoms with Crippen molar-refractivity contribution in [2.45, 2.75) is 4.21 Å². The van der Waals surface area contributed by atoms with E-state index in [1.54, 1.807) is 0 Å². The normalized spacial score (nSPS) is 11.6. The van der Waals surface area contributed by atoms with Gasteiger partial charge in [0, 0.05) is 21.1 Å². The summed E-state index contributed by atoms with van der Waals surface area (Å²) in [6.45, 7) is -0.296. The van der Waals surface area contributed by atoms with Gasteiger partial charge in [-0.3, -0.25) is 4.79 Å². The molecule has 0 saturated heterocycles. The largest absolute Gasteiger partial charge is 0.477 e. The zero-order chi connectivity index (χ0) is 14.8. The molecule has 0 saturated carbocycles. The summed E-state index contributed by atoms with van der Waals surface area (Å²) in [4.78, 5) is 23.4. The Morgan fingerprint density at radius 2 is 1.84 bits per heavy atom. The molecule has 1 heterocycles. The quantitative estimate of drug-likeness (QED) is 0.836. The Morgan fingerprint density at radius 1 is 1.26 bits per heavy atom. The van der Waals surface area contributed by atoms with Gasteiger partial charge in [-0.25, -0.2) is 13.2 Å². The van der Waals surface area contributed by atoms with E-state index in [1.807, 2.05) is 0 Å². The minimum atomic E-state index is -3.84. The monoisotopic (exact) mass is 306 g/mol. The first-order chi connectivity index (χ1) is 8.66. The van der Waals surface area contributed by atoms with Crippen molar-refractivity contribution in [1.82, 2.24) is 9.21 Å². The molecule has 1 aromatic heterocycles. The molecule has 0 atom stereocenters. The van der Waals surface area contributed by atoms with Gasteiger partial charge < -0.3 is 10.0 Å². The van der Waals surface area contributed by atoms with Crippen molar-refractivity contribution in [3.8, 4) is 0 Å². The summed E-state index contributed by atoms with van der Waals surface area (Å²) in [7, 11) is 0.484. The molecule has 1 amide bonds. The number of rotatable bonds is 5. The number of thiophene rings is 1. The highest BCUT2D eigenvalue weighted by molar-refractivity contribution is 7.91. The third-order valence-electron chi connectivity index (χ3n) is 2.31. The second-order valence-electron chi connectivity index (χ2n) is 3.97. The van der Waals surface area contributed by atoms with Crippen LogP contribution in [0.3, 0.4) is 0 Å². The molecule has 0 fully saturated rings. The van der Waals surface area contributed by atoms with Crippen LogP contribution in [0.15, 0.2) is 16.3 Å². The van der Waals surface area contributed by atoms with E-state index in [0.29, 0.717) is 11.3 Å². The fourth-order valence-corrected chi connectivity index (χ4v) is 3.62. The number of aromatic carboxylic acids is 1. The first-order valence-electron chi connectivity index (χ1n) is 5.16. The van der Waals surface area contributed by atoms with Gasteiger partial charge >= 0.3 is 5.97 Å². The predicted molar refractivity (Wildman–Crippen MR) is 69.8 cm³/mol. The summed E-state index contributed by atoms with van der Waals surface area (Å²) in [6, 6.07) is 2.45. The van der Waals surface area contributed by atoms with Crippen LogP contribution in [0.1, 0.15) is 9.67 Å². The number of carbonyl (C=O) groups is 2. The van der Waals surface area contributed by atoms with Gasteiger partial charge in [0.15, 0.2) is 0 Å². The molecular formula is C10H14N2O5S2. The Balaban J connectivity index is 2.96. The number of amides is 1. The van der Waals surface area contributed by atoms with Crippen LogP contribution < -0.4 is 0 Å². The van der Waals surface area contributed by atoms with Crippen LogP contribution >= 0.6 is 11.3 Å². The van der Waals surface area contributed by atoms with Crippen molar-refractivity contribution in [2.24, 2.45) is 0 Å². The molecular weight excluding hydrogens is 292 g/mol. The van der Waals surface area contributed by atoms with Gasteiger partial charge in [0.25, 0.3) is 10.0 Å². The molecule has 106 valence electrons. The molecule has 0 aliphatic carbocycles. The molecule has 0 radical (unpaired) electrons. The average Bonchev–Trinajstić information content (AvgIpc) is 2.78. The van der Waals surface area contributed by atoms with E-state index in [1.165, 1.54) is 38.2 Å². The maximum absolute atomic E-state index is 12.1. The van der Waals surface area contributed by atoms with E-state index in [9.17, 15) is 18.0 Å². The lowest BCUT2D eigenvalue weighted by molar-refractivity contribution is -0.128. The predicted octanol–water partition coefficient (Wildman–Crippen LogP) is 0.155. The molecule has 1 N–H and O–H groups in total. The Morgan fingerprint density at radius 3 is 2.26 bits per heavy atom. The third-order valence-corrected chi connectivity index (χ3v) is 5.66. The summed E-state index contributed by atoms with van der Waals surface area (Å²) < 4.78 is 25.0. The standard InChI is InChI=1S/C10H14N2O5S2/c1-11(2)8(13)6-12(3)19(16,17)9-5-4-7(18-9)10(14)15/h4-5H,6H2,1-3H3,(H,14,15). The van der Waals surface area contributed by atoms with Crippen LogP contribution in [-0.2, 0) is 14.8 Å². The van der Waals surface area contributed by atoms with Crippen LogP contribution in [0.4, 0.5) is 0 Å². The lowest BCUT2D eigenvalue weighted by atomic mass is 10.5. The Bertz CT molecular complexity index is 591. The number of hydrogen-bond acceptors (Lipinski definition) is 5. The van der Waals surface area contributed by atoms with E-state index in [0.717, 1.165) is 4.31 Å². The van der Waals surface area contributed by atoms with Crippen molar-refractivity contribution >= 4 is 33.2 Å². The highest BCUT2D eigenvalue weighted by Gasteiger charge is 2.26. The fourth-order valence-electron chi connectivity index (χ4n) is 1.14. The number of carboxylic acid groups (broad SMARTS) is 1. The summed E-state index contributed by atoms with van der Waals surface area (Å²) in [5, 5.41) is 8.76. The van der Waals surface area contributed by atoms with Crippen LogP contribution in [0, 0.1) is 0 Å². The van der Waals surface area contributed by atoms with Crippen molar-refractivity contribution < 1.29 is 23.1 Å². The molecule has 1 aromatic rings. The van der Waals surface area contributed by atoms with Gasteiger partial charge in [0.2, 0.25) is 5.91 Å². The molecule has 0 bridgehead atoms. The molecule has 0 aliphatic rings. The van der Waals surface area contributed by atoms with E-state index >= 15 is 0 Å². The molecule has 0 unspecified atom stereocenters. The van der Waals surface area contributed by atoms with Crippen LogP contribution in [-0.4, -0.2) is 62.3 Å². The number of hydrogen-bond donors (Lipinski definition) is 1. The highest BCUT2D eigenvalue weighted by atomic mass is 32.2. The Labute approximate surface area is 115 Å². The zero-order valence-electron chi connectivity index (χ0n) is 10.7. The maximum Gasteiger partial charge on any atom is 0.345 e. The van der Waals surface area contributed by atoms with Crippen molar-refractivity contribution in [1.29, 1.82) is 0 Å². The maximum atomic E-state index is 12.1. The van der Waals surface area contributed by atoms with Crippen molar-refractivity contribution in [3.63, 3.8) is 0 Å². The molecule has 0 spiro atoms. The number of likely N-dealkylation sites (N-methyl/N-ethyl adjacent to an activating group) is 2. The third kappa shape index (κ3) is 3.52. The second kappa shape index (κ2) is 5.68.